The van der Waals surface area contributed by atoms with E-state index in [1.54, 1.807) is 0 Å². The number of aliphatic imine (C=N–C) groups is 3. The fourth-order valence-electron chi connectivity index (χ4n) is 8.92. The van der Waals surface area contributed by atoms with Crippen LogP contribution in [0.3, 0.4) is 0 Å². The lowest BCUT2D eigenvalue weighted by molar-refractivity contribution is 1.10. The smallest absolute Gasteiger partial charge is 0.289 e. The lowest BCUT2D eigenvalue weighted by Gasteiger charge is -2.16. The number of amidine groups is 2. The van der Waals surface area contributed by atoms with Gasteiger partial charge in [0.1, 0.15) is 0 Å². The molecule has 0 atom stereocenters. The second-order valence-electron chi connectivity index (χ2n) is 15.5. The predicted molar refractivity (Wildman–Crippen MR) is 264 cm³/mol. The Balaban J connectivity index is 1.14. The number of allylic oxidation sites excluding steroid dienone is 2. The highest BCUT2D eigenvalue weighted by molar-refractivity contribution is 7.10. The monoisotopic (exact) mass is 783 g/mol. The van der Waals surface area contributed by atoms with Crippen molar-refractivity contribution >= 4 is 92.4 Å². The summed E-state index contributed by atoms with van der Waals surface area (Å²) in [4.78, 5) is 15.4. The third-order valence-corrected chi connectivity index (χ3v) is 11.8. The largest absolute Gasteiger partial charge is 0.307 e. The van der Waals surface area contributed by atoms with Gasteiger partial charge in [0.2, 0.25) is 0 Å². The molecular formula is C54H43B2N5. The van der Waals surface area contributed by atoms with Crippen LogP contribution in [0.1, 0.15) is 23.2 Å². The quantitative estimate of drug-likeness (QED) is 0.0837. The summed E-state index contributed by atoms with van der Waals surface area (Å²) in [6.45, 7) is 1.91. The van der Waals surface area contributed by atoms with Crippen LogP contribution in [0.4, 0.5) is 0 Å². The van der Waals surface area contributed by atoms with Gasteiger partial charge in [-0.25, -0.2) is 4.99 Å². The second-order valence-corrected chi connectivity index (χ2v) is 15.5. The molecule has 2 aromatic heterocycles. The molecule has 0 N–H and O–H groups in total. The van der Waals surface area contributed by atoms with Crippen molar-refractivity contribution in [2.75, 3.05) is 7.05 Å². The molecular weight excluding hydrogens is 740 g/mol. The Kier molecular flexibility index (Phi) is 10.3. The van der Waals surface area contributed by atoms with Crippen LogP contribution in [0.25, 0.3) is 56.2 Å². The molecule has 1 aliphatic carbocycles. The number of aromatic nitrogens is 2. The van der Waals surface area contributed by atoms with E-state index >= 15 is 0 Å². The van der Waals surface area contributed by atoms with Crippen LogP contribution in [-0.2, 0) is 0 Å². The van der Waals surface area contributed by atoms with Gasteiger partial charge in [0.05, 0.1) is 33.7 Å². The standard InChI is InChI=1S/C54H43B2N5/c1-55(40-22-8-3-9-23-40)53(59-54(57-2)56(41-24-10-4-11-25-41)42-26-12-5-13-27-42)58-38-39-21-20-30-44(37-39)61-50-34-19-18-32-46(50)48-36-35-47-45-31-16-7-17-33-49(45)60(51(47)52(48)61)43-28-14-6-15-29-43/h3-6,8-38H,7H2,1-2H3/b57-54?,58-38+,59-53-. The molecule has 5 nitrogen and oxygen atoms in total. The zero-order valence-corrected chi connectivity index (χ0v) is 34.3. The van der Waals surface area contributed by atoms with E-state index in [9.17, 15) is 0 Å². The first kappa shape index (κ1) is 37.7. The van der Waals surface area contributed by atoms with Gasteiger partial charge in [-0.05, 0) is 48.4 Å². The summed E-state index contributed by atoms with van der Waals surface area (Å²) >= 11 is 0. The Hall–Kier alpha value is -7.50. The van der Waals surface area contributed by atoms with Crippen LogP contribution in [0.2, 0.25) is 6.82 Å². The van der Waals surface area contributed by atoms with E-state index < -0.39 is 0 Å². The maximum atomic E-state index is 5.35. The number of nitrogens with zero attached hydrogens (tertiary/aromatic N) is 5. The van der Waals surface area contributed by atoms with Gasteiger partial charge in [0.25, 0.3) is 13.4 Å². The second kappa shape index (κ2) is 16.6. The molecule has 0 unspecified atom stereocenters. The molecule has 7 heteroatoms. The van der Waals surface area contributed by atoms with Gasteiger partial charge in [-0.15, -0.1) is 0 Å². The Morgan fingerprint density at radius 2 is 1.13 bits per heavy atom. The van der Waals surface area contributed by atoms with Crippen molar-refractivity contribution in [2.45, 2.75) is 13.2 Å². The molecule has 290 valence electrons. The Morgan fingerprint density at radius 3 is 1.84 bits per heavy atom. The van der Waals surface area contributed by atoms with Crippen molar-refractivity contribution in [1.82, 2.24) is 9.13 Å². The summed E-state index contributed by atoms with van der Waals surface area (Å²) in [6, 6.07) is 64.3. The van der Waals surface area contributed by atoms with Crippen molar-refractivity contribution in [3.8, 4) is 11.4 Å². The van der Waals surface area contributed by atoms with Crippen LogP contribution in [-0.4, -0.2) is 47.3 Å². The first-order valence-corrected chi connectivity index (χ1v) is 21.0. The molecule has 0 spiro atoms. The number of hydrogen-bond acceptors (Lipinski definition) is 1. The molecule has 1 aliphatic rings. The molecule has 10 rings (SSSR count). The summed E-state index contributed by atoms with van der Waals surface area (Å²) in [5, 5.41) is 3.65. The summed E-state index contributed by atoms with van der Waals surface area (Å²) < 4.78 is 4.88. The molecule has 0 fully saturated rings. The highest BCUT2D eigenvalue weighted by atomic mass is 15.0. The van der Waals surface area contributed by atoms with E-state index in [2.05, 4.69) is 204 Å². The van der Waals surface area contributed by atoms with E-state index in [0.717, 1.165) is 45.3 Å². The predicted octanol–water partition coefficient (Wildman–Crippen LogP) is 10.4. The van der Waals surface area contributed by atoms with Crippen molar-refractivity contribution < 1.29 is 0 Å². The highest BCUT2D eigenvalue weighted by Crippen LogP contribution is 2.42. The third kappa shape index (κ3) is 7.08. The third-order valence-electron chi connectivity index (χ3n) is 11.8. The van der Waals surface area contributed by atoms with Crippen LogP contribution in [0.5, 0.6) is 0 Å². The first-order valence-electron chi connectivity index (χ1n) is 21.0. The van der Waals surface area contributed by atoms with E-state index in [-0.39, 0.29) is 13.4 Å². The number of benzene rings is 7. The minimum absolute atomic E-state index is 0.0979. The van der Waals surface area contributed by atoms with Crippen molar-refractivity contribution in [3.05, 3.63) is 211 Å². The van der Waals surface area contributed by atoms with Crippen LogP contribution >= 0.6 is 0 Å². The zero-order chi connectivity index (χ0) is 41.1. The molecule has 0 amide bonds. The van der Waals surface area contributed by atoms with Crippen molar-refractivity contribution in [2.24, 2.45) is 15.0 Å². The number of para-hydroxylation sites is 2. The SMILES string of the molecule is CN=C(/N=C(\N=C\c1cccc(-n2c3ccccc3c3ccc4c5c(n(-c6ccccc6)c4c32)C=CCC=C5)c1)B(C)c1ccccc1)B(c1ccccc1)c1ccccc1. The topological polar surface area (TPSA) is 46.9 Å². The fraction of sp³-hybridized carbons (Fsp3) is 0.0556. The lowest BCUT2D eigenvalue weighted by atomic mass is 9.39. The normalized spacial score (nSPS) is 13.0. The zero-order valence-electron chi connectivity index (χ0n) is 34.3. The molecule has 7 aromatic carbocycles. The molecule has 0 saturated carbocycles. The molecule has 0 radical (unpaired) electrons. The number of fused-ring (bicyclic) bond motifs is 7. The van der Waals surface area contributed by atoms with Crippen molar-refractivity contribution in [3.63, 3.8) is 0 Å². The van der Waals surface area contributed by atoms with Gasteiger partial charge >= 0.3 is 0 Å². The molecule has 0 saturated heterocycles. The van der Waals surface area contributed by atoms with Crippen molar-refractivity contribution in [1.29, 1.82) is 0 Å². The summed E-state index contributed by atoms with van der Waals surface area (Å²) in [5.74, 6) is 0. The summed E-state index contributed by atoms with van der Waals surface area (Å²) in [5.41, 5.74) is 13.9. The fourth-order valence-corrected chi connectivity index (χ4v) is 8.92. The van der Waals surface area contributed by atoms with Crippen LogP contribution < -0.4 is 16.4 Å². The minimum atomic E-state index is -0.160. The number of rotatable bonds is 8. The van der Waals surface area contributed by atoms with E-state index in [1.165, 1.54) is 38.4 Å². The van der Waals surface area contributed by atoms with Gasteiger partial charge in [-0.3, -0.25) is 9.98 Å². The van der Waals surface area contributed by atoms with E-state index in [0.29, 0.717) is 11.5 Å². The average molecular weight is 784 g/mol. The van der Waals surface area contributed by atoms with E-state index in [4.69, 9.17) is 15.0 Å². The number of hydrogen-bond donors (Lipinski definition) is 0. The maximum absolute atomic E-state index is 5.35. The highest BCUT2D eigenvalue weighted by Gasteiger charge is 2.28. The molecule has 2 heterocycles. The minimum Gasteiger partial charge on any atom is -0.307 e. The average Bonchev–Trinajstić information content (AvgIpc) is 3.71. The lowest BCUT2D eigenvalue weighted by Crippen LogP contribution is -2.49. The van der Waals surface area contributed by atoms with Gasteiger partial charge in [-0.2, -0.15) is 0 Å². The Bertz CT molecular complexity index is 3140. The maximum Gasteiger partial charge on any atom is 0.289 e. The van der Waals surface area contributed by atoms with Gasteiger partial charge in [-0.1, -0.05) is 193 Å². The van der Waals surface area contributed by atoms with Gasteiger partial charge in [0, 0.05) is 46.4 Å². The van der Waals surface area contributed by atoms with Crippen LogP contribution in [0.15, 0.2) is 209 Å². The Morgan fingerprint density at radius 1 is 0.541 bits per heavy atom. The molecule has 0 aliphatic heterocycles. The van der Waals surface area contributed by atoms with Gasteiger partial charge < -0.3 is 9.13 Å². The molecule has 9 aromatic rings. The first-order chi connectivity index (χ1) is 30.2. The van der Waals surface area contributed by atoms with Gasteiger partial charge in [0.15, 0.2) is 0 Å². The van der Waals surface area contributed by atoms with Crippen LogP contribution in [0, 0.1) is 0 Å². The summed E-state index contributed by atoms with van der Waals surface area (Å²) in [6.07, 6.45) is 12.0. The Labute approximate surface area is 357 Å². The molecule has 61 heavy (non-hydrogen) atoms. The molecule has 0 bridgehead atoms. The summed E-state index contributed by atoms with van der Waals surface area (Å²) in [7, 11) is 1.83. The van der Waals surface area contributed by atoms with E-state index in [1.807, 2.05) is 31.5 Å².